The maximum absolute atomic E-state index is 10.1. The second kappa shape index (κ2) is 5.86. The Labute approximate surface area is 94.0 Å². The van der Waals surface area contributed by atoms with Crippen LogP contribution in [0.1, 0.15) is 40.0 Å². The van der Waals surface area contributed by atoms with Crippen LogP contribution in [0.2, 0.25) is 0 Å². The normalized spacial score (nSPS) is 34.4. The van der Waals surface area contributed by atoms with Crippen molar-refractivity contribution in [1.29, 1.82) is 0 Å². The third-order valence-electron chi connectivity index (χ3n) is 3.91. The van der Waals surface area contributed by atoms with E-state index in [0.717, 1.165) is 12.3 Å². The molecule has 1 saturated carbocycles. The van der Waals surface area contributed by atoms with Crippen molar-refractivity contribution in [3.8, 4) is 0 Å². The molecule has 0 bridgehead atoms. The fraction of sp³-hybridized carbons (Fsp3) is 1.00. The molecule has 0 spiro atoms. The van der Waals surface area contributed by atoms with Gasteiger partial charge in [-0.05, 0) is 36.5 Å². The van der Waals surface area contributed by atoms with Gasteiger partial charge in [0.05, 0.1) is 12.7 Å². The zero-order valence-corrected chi connectivity index (χ0v) is 10.6. The van der Waals surface area contributed by atoms with E-state index in [1.54, 1.807) is 7.11 Å². The lowest BCUT2D eigenvalue weighted by molar-refractivity contribution is -0.0273. The van der Waals surface area contributed by atoms with E-state index in [2.05, 4.69) is 20.8 Å². The third-order valence-corrected chi connectivity index (χ3v) is 3.91. The second-order valence-electron chi connectivity index (χ2n) is 5.51. The Bertz CT molecular complexity index is 179. The Morgan fingerprint density at radius 3 is 2.47 bits per heavy atom. The van der Waals surface area contributed by atoms with Gasteiger partial charge in [0.2, 0.25) is 0 Å². The standard InChI is InChI=1S/C13H26O2/c1-9(2)11-6-5-10(3)7-12(11)13(14)8-15-4/h9-14H,5-8H2,1-4H3. The van der Waals surface area contributed by atoms with Gasteiger partial charge in [0, 0.05) is 7.11 Å². The molecule has 0 aromatic rings. The molecule has 4 unspecified atom stereocenters. The van der Waals surface area contributed by atoms with Crippen molar-refractivity contribution < 1.29 is 9.84 Å². The average molecular weight is 214 g/mol. The lowest BCUT2D eigenvalue weighted by atomic mass is 9.68. The zero-order valence-electron chi connectivity index (χ0n) is 10.6. The molecule has 0 heterocycles. The highest BCUT2D eigenvalue weighted by Crippen LogP contribution is 2.39. The molecule has 0 aromatic carbocycles. The van der Waals surface area contributed by atoms with Gasteiger partial charge in [0.15, 0.2) is 0 Å². The van der Waals surface area contributed by atoms with Gasteiger partial charge in [0.1, 0.15) is 0 Å². The summed E-state index contributed by atoms with van der Waals surface area (Å²) in [4.78, 5) is 0. The summed E-state index contributed by atoms with van der Waals surface area (Å²) >= 11 is 0. The van der Waals surface area contributed by atoms with Crippen LogP contribution in [0.3, 0.4) is 0 Å². The molecule has 1 aliphatic carbocycles. The topological polar surface area (TPSA) is 29.5 Å². The number of methoxy groups -OCH3 is 1. The molecule has 0 amide bonds. The van der Waals surface area contributed by atoms with Crippen molar-refractivity contribution in [3.63, 3.8) is 0 Å². The van der Waals surface area contributed by atoms with Crippen LogP contribution in [-0.2, 0) is 4.74 Å². The first kappa shape index (κ1) is 13.0. The van der Waals surface area contributed by atoms with Crippen LogP contribution in [0.15, 0.2) is 0 Å². The van der Waals surface area contributed by atoms with Crippen molar-refractivity contribution in [3.05, 3.63) is 0 Å². The molecular weight excluding hydrogens is 188 g/mol. The van der Waals surface area contributed by atoms with Crippen LogP contribution in [0.25, 0.3) is 0 Å². The van der Waals surface area contributed by atoms with Crippen molar-refractivity contribution in [1.82, 2.24) is 0 Å². The third kappa shape index (κ3) is 3.46. The molecule has 2 nitrogen and oxygen atoms in total. The monoisotopic (exact) mass is 214 g/mol. The highest BCUT2D eigenvalue weighted by molar-refractivity contribution is 4.84. The molecular formula is C13H26O2. The highest BCUT2D eigenvalue weighted by atomic mass is 16.5. The maximum atomic E-state index is 10.1. The van der Waals surface area contributed by atoms with E-state index in [9.17, 15) is 5.11 Å². The van der Waals surface area contributed by atoms with Crippen LogP contribution >= 0.6 is 0 Å². The number of hydrogen-bond donors (Lipinski definition) is 1. The van der Waals surface area contributed by atoms with Crippen LogP contribution in [0, 0.1) is 23.7 Å². The molecule has 90 valence electrons. The van der Waals surface area contributed by atoms with Gasteiger partial charge in [0.25, 0.3) is 0 Å². The van der Waals surface area contributed by atoms with Gasteiger partial charge < -0.3 is 9.84 Å². The van der Waals surface area contributed by atoms with Gasteiger partial charge >= 0.3 is 0 Å². The predicted octanol–water partition coefficient (Wildman–Crippen LogP) is 2.70. The van der Waals surface area contributed by atoms with E-state index in [4.69, 9.17) is 4.74 Å². The van der Waals surface area contributed by atoms with Crippen molar-refractivity contribution in [2.75, 3.05) is 13.7 Å². The molecule has 1 aliphatic rings. The van der Waals surface area contributed by atoms with Crippen LogP contribution in [0.5, 0.6) is 0 Å². The molecule has 1 rings (SSSR count). The van der Waals surface area contributed by atoms with Gasteiger partial charge in [-0.15, -0.1) is 0 Å². The molecule has 0 aromatic heterocycles. The number of aliphatic hydroxyl groups excluding tert-OH is 1. The molecule has 0 aliphatic heterocycles. The summed E-state index contributed by atoms with van der Waals surface area (Å²) < 4.78 is 5.07. The molecule has 0 radical (unpaired) electrons. The predicted molar refractivity (Wildman–Crippen MR) is 62.7 cm³/mol. The summed E-state index contributed by atoms with van der Waals surface area (Å²) in [5, 5.41) is 10.1. The minimum absolute atomic E-state index is 0.273. The Kier molecular flexibility index (Phi) is 5.07. The molecule has 1 fully saturated rings. The Balaban J connectivity index is 2.61. The van der Waals surface area contributed by atoms with Gasteiger partial charge in [-0.3, -0.25) is 0 Å². The van der Waals surface area contributed by atoms with E-state index in [1.165, 1.54) is 12.8 Å². The SMILES string of the molecule is COCC(O)C1CC(C)CCC1C(C)C. The first-order valence-corrected chi connectivity index (χ1v) is 6.23. The molecule has 4 atom stereocenters. The number of hydrogen-bond acceptors (Lipinski definition) is 2. The summed E-state index contributed by atoms with van der Waals surface area (Å²) in [6, 6.07) is 0. The van der Waals surface area contributed by atoms with E-state index < -0.39 is 0 Å². The van der Waals surface area contributed by atoms with Crippen molar-refractivity contribution in [2.45, 2.75) is 46.1 Å². The highest BCUT2D eigenvalue weighted by Gasteiger charge is 2.34. The summed E-state index contributed by atoms with van der Waals surface area (Å²) in [6.07, 6.45) is 3.47. The molecule has 15 heavy (non-hydrogen) atoms. The smallest absolute Gasteiger partial charge is 0.0804 e. The largest absolute Gasteiger partial charge is 0.390 e. The Hall–Kier alpha value is -0.0800. The van der Waals surface area contributed by atoms with E-state index in [0.29, 0.717) is 24.4 Å². The van der Waals surface area contributed by atoms with Crippen LogP contribution < -0.4 is 0 Å². The van der Waals surface area contributed by atoms with Gasteiger partial charge in [-0.1, -0.05) is 27.2 Å². The lowest BCUT2D eigenvalue weighted by Crippen LogP contribution is -2.38. The first-order valence-electron chi connectivity index (χ1n) is 6.23. The number of ether oxygens (including phenoxy) is 1. The fourth-order valence-electron chi connectivity index (χ4n) is 3.01. The molecule has 0 saturated heterocycles. The van der Waals surface area contributed by atoms with Crippen molar-refractivity contribution >= 4 is 0 Å². The Morgan fingerprint density at radius 1 is 1.27 bits per heavy atom. The maximum Gasteiger partial charge on any atom is 0.0804 e. The molecule has 1 N–H and O–H groups in total. The average Bonchev–Trinajstić information content (AvgIpc) is 2.17. The van der Waals surface area contributed by atoms with Gasteiger partial charge in [-0.2, -0.15) is 0 Å². The first-order chi connectivity index (χ1) is 7.06. The second-order valence-corrected chi connectivity index (χ2v) is 5.51. The quantitative estimate of drug-likeness (QED) is 0.779. The number of rotatable bonds is 4. The summed E-state index contributed by atoms with van der Waals surface area (Å²) in [5.41, 5.74) is 0. The fourth-order valence-corrected chi connectivity index (χ4v) is 3.01. The summed E-state index contributed by atoms with van der Waals surface area (Å²) in [6.45, 7) is 7.32. The molecule has 2 heteroatoms. The van der Waals surface area contributed by atoms with E-state index >= 15 is 0 Å². The zero-order chi connectivity index (χ0) is 11.4. The lowest BCUT2D eigenvalue weighted by Gasteiger charge is -2.39. The number of aliphatic hydroxyl groups is 1. The van der Waals surface area contributed by atoms with Crippen LogP contribution in [0.4, 0.5) is 0 Å². The van der Waals surface area contributed by atoms with Crippen molar-refractivity contribution in [2.24, 2.45) is 23.7 Å². The minimum Gasteiger partial charge on any atom is -0.390 e. The minimum atomic E-state index is -0.273. The van der Waals surface area contributed by atoms with E-state index in [-0.39, 0.29) is 6.10 Å². The van der Waals surface area contributed by atoms with Gasteiger partial charge in [-0.25, -0.2) is 0 Å². The summed E-state index contributed by atoms with van der Waals surface area (Å²) in [5.74, 6) is 2.55. The van der Waals surface area contributed by atoms with E-state index in [1.807, 2.05) is 0 Å². The summed E-state index contributed by atoms with van der Waals surface area (Å²) in [7, 11) is 1.67. The Morgan fingerprint density at radius 2 is 1.93 bits per heavy atom. The van der Waals surface area contributed by atoms with Crippen LogP contribution in [-0.4, -0.2) is 24.9 Å².